The van der Waals surface area contributed by atoms with E-state index in [1.807, 2.05) is 0 Å². The van der Waals surface area contributed by atoms with Crippen molar-refractivity contribution >= 4 is 21.5 Å². The Labute approximate surface area is 87.8 Å². The molecule has 0 atom stereocenters. The van der Waals surface area contributed by atoms with Crippen LogP contribution in [0.3, 0.4) is 0 Å². The van der Waals surface area contributed by atoms with Gasteiger partial charge < -0.3 is 0 Å². The number of hydrogen-bond acceptors (Lipinski definition) is 0. The van der Waals surface area contributed by atoms with Crippen molar-refractivity contribution < 1.29 is 0 Å². The third-order valence-corrected chi connectivity index (χ3v) is 3.24. The lowest BCUT2D eigenvalue weighted by Gasteiger charge is -2.20. The van der Waals surface area contributed by atoms with Crippen LogP contribution in [0.4, 0.5) is 0 Å². The van der Waals surface area contributed by atoms with Gasteiger partial charge >= 0.3 is 0 Å². The fourth-order valence-electron chi connectivity index (χ4n) is 1.65. The van der Waals surface area contributed by atoms with Gasteiger partial charge in [0.1, 0.15) is 0 Å². The van der Waals surface area contributed by atoms with Crippen LogP contribution in [0.1, 0.15) is 31.7 Å². The summed E-state index contributed by atoms with van der Waals surface area (Å²) in [5, 5.41) is 0. The second kappa shape index (κ2) is 3.67. The molecular weight excluding hydrogens is 224 g/mol. The zero-order valence-corrected chi connectivity index (χ0v) is 9.39. The number of hydrogen-bond donors (Lipinski definition) is 0. The van der Waals surface area contributed by atoms with E-state index in [-0.39, 0.29) is 0 Å². The molecule has 68 valence electrons. The van der Waals surface area contributed by atoms with Crippen molar-refractivity contribution in [3.8, 4) is 0 Å². The Balaban J connectivity index is 2.34. The molecule has 0 radical (unpaired) electrons. The summed E-state index contributed by atoms with van der Waals surface area (Å²) in [7, 11) is 0. The topological polar surface area (TPSA) is 0 Å². The first kappa shape index (κ1) is 9.01. The highest BCUT2D eigenvalue weighted by molar-refractivity contribution is 9.10. The van der Waals surface area contributed by atoms with Crippen LogP contribution in [0.2, 0.25) is 0 Å². The van der Waals surface area contributed by atoms with Gasteiger partial charge in [-0.25, -0.2) is 0 Å². The summed E-state index contributed by atoms with van der Waals surface area (Å²) in [4.78, 5) is 0. The Morgan fingerprint density at radius 3 is 2.62 bits per heavy atom. The van der Waals surface area contributed by atoms with E-state index < -0.39 is 0 Å². The molecular formula is C12H13Br. The highest BCUT2D eigenvalue weighted by Crippen LogP contribution is 2.33. The smallest absolute Gasteiger partial charge is 0.0181 e. The van der Waals surface area contributed by atoms with Crippen molar-refractivity contribution in [2.45, 2.75) is 26.2 Å². The molecule has 1 aromatic rings. The fourth-order valence-corrected chi connectivity index (χ4v) is 2.05. The van der Waals surface area contributed by atoms with Gasteiger partial charge in [0.05, 0.1) is 0 Å². The Hall–Kier alpha value is -0.560. The van der Waals surface area contributed by atoms with E-state index in [2.05, 4.69) is 47.1 Å². The highest BCUT2D eigenvalue weighted by atomic mass is 79.9. The number of allylic oxidation sites excluding steroid dienone is 2. The Bertz CT molecular complexity index is 344. The summed E-state index contributed by atoms with van der Waals surface area (Å²) in [5.74, 6) is 0. The first-order valence-corrected chi connectivity index (χ1v) is 5.51. The first-order valence-electron chi connectivity index (χ1n) is 4.72. The van der Waals surface area contributed by atoms with Crippen LogP contribution in [0.5, 0.6) is 0 Å². The molecule has 2 rings (SSSR count). The SMILES string of the molecule is CC(=C1CCC1)c1cccc(Br)c1. The summed E-state index contributed by atoms with van der Waals surface area (Å²) in [6.07, 6.45) is 3.98. The van der Waals surface area contributed by atoms with E-state index >= 15 is 0 Å². The molecule has 0 N–H and O–H groups in total. The first-order chi connectivity index (χ1) is 6.27. The quantitative estimate of drug-likeness (QED) is 0.678. The Kier molecular flexibility index (Phi) is 2.54. The summed E-state index contributed by atoms with van der Waals surface area (Å²) in [6, 6.07) is 8.55. The predicted octanol–water partition coefficient (Wildman–Crippen LogP) is 4.41. The molecule has 1 aliphatic carbocycles. The predicted molar refractivity (Wildman–Crippen MR) is 60.6 cm³/mol. The minimum Gasteiger partial charge on any atom is -0.0667 e. The van der Waals surface area contributed by atoms with Crippen LogP contribution in [-0.4, -0.2) is 0 Å². The van der Waals surface area contributed by atoms with E-state index in [0.29, 0.717) is 0 Å². The molecule has 1 aliphatic rings. The average molecular weight is 237 g/mol. The third-order valence-electron chi connectivity index (χ3n) is 2.75. The normalized spacial score (nSPS) is 15.4. The maximum Gasteiger partial charge on any atom is 0.0181 e. The highest BCUT2D eigenvalue weighted by Gasteiger charge is 2.12. The van der Waals surface area contributed by atoms with Gasteiger partial charge in [0.15, 0.2) is 0 Å². The average Bonchev–Trinajstić information content (AvgIpc) is 2.01. The van der Waals surface area contributed by atoms with Crippen LogP contribution >= 0.6 is 15.9 Å². The van der Waals surface area contributed by atoms with Gasteiger partial charge in [-0.05, 0) is 49.5 Å². The van der Waals surface area contributed by atoms with E-state index in [0.717, 1.165) is 0 Å². The largest absolute Gasteiger partial charge is 0.0667 e. The van der Waals surface area contributed by atoms with Gasteiger partial charge in [-0.1, -0.05) is 33.6 Å². The summed E-state index contributed by atoms with van der Waals surface area (Å²) < 4.78 is 1.17. The molecule has 0 nitrogen and oxygen atoms in total. The van der Waals surface area contributed by atoms with Crippen molar-refractivity contribution in [3.63, 3.8) is 0 Å². The molecule has 1 fully saturated rings. The van der Waals surface area contributed by atoms with Gasteiger partial charge in [-0.15, -0.1) is 0 Å². The van der Waals surface area contributed by atoms with E-state index in [4.69, 9.17) is 0 Å². The molecule has 0 heterocycles. The molecule has 0 aromatic heterocycles. The summed E-state index contributed by atoms with van der Waals surface area (Å²) in [5.41, 5.74) is 4.48. The fraction of sp³-hybridized carbons (Fsp3) is 0.333. The second-order valence-corrected chi connectivity index (χ2v) is 4.51. The standard InChI is InChI=1S/C12H13Br/c1-9(10-4-2-5-10)11-6-3-7-12(13)8-11/h3,6-8H,2,4-5H2,1H3. The molecule has 0 aliphatic heterocycles. The molecule has 0 amide bonds. The maximum absolute atomic E-state index is 3.50. The van der Waals surface area contributed by atoms with E-state index in [9.17, 15) is 0 Å². The lowest BCUT2D eigenvalue weighted by molar-refractivity contribution is 0.665. The Morgan fingerprint density at radius 2 is 2.08 bits per heavy atom. The van der Waals surface area contributed by atoms with Gasteiger partial charge in [0, 0.05) is 4.47 Å². The van der Waals surface area contributed by atoms with Crippen LogP contribution in [0.25, 0.3) is 5.57 Å². The third kappa shape index (κ3) is 1.86. The van der Waals surface area contributed by atoms with Crippen molar-refractivity contribution in [3.05, 3.63) is 39.9 Å². The van der Waals surface area contributed by atoms with Crippen molar-refractivity contribution in [1.82, 2.24) is 0 Å². The number of benzene rings is 1. The van der Waals surface area contributed by atoms with Gasteiger partial charge in [0.2, 0.25) is 0 Å². The molecule has 0 bridgehead atoms. The minimum absolute atomic E-state index is 1.17. The number of halogens is 1. The second-order valence-electron chi connectivity index (χ2n) is 3.59. The van der Waals surface area contributed by atoms with Crippen LogP contribution in [-0.2, 0) is 0 Å². The lowest BCUT2D eigenvalue weighted by Crippen LogP contribution is -1.99. The number of rotatable bonds is 1. The zero-order valence-electron chi connectivity index (χ0n) is 7.81. The van der Waals surface area contributed by atoms with Crippen molar-refractivity contribution in [1.29, 1.82) is 0 Å². The molecule has 1 saturated carbocycles. The molecule has 0 unspecified atom stereocenters. The van der Waals surface area contributed by atoms with Gasteiger partial charge in [-0.3, -0.25) is 0 Å². The van der Waals surface area contributed by atoms with Crippen LogP contribution < -0.4 is 0 Å². The van der Waals surface area contributed by atoms with Crippen molar-refractivity contribution in [2.24, 2.45) is 0 Å². The maximum atomic E-state index is 3.50. The van der Waals surface area contributed by atoms with Crippen LogP contribution in [0, 0.1) is 0 Å². The molecule has 13 heavy (non-hydrogen) atoms. The molecule has 1 aromatic carbocycles. The summed E-state index contributed by atoms with van der Waals surface area (Å²) >= 11 is 3.50. The van der Waals surface area contributed by atoms with E-state index in [1.54, 1.807) is 5.57 Å². The molecule has 1 heteroatoms. The van der Waals surface area contributed by atoms with Gasteiger partial charge in [-0.2, -0.15) is 0 Å². The Morgan fingerprint density at radius 1 is 1.31 bits per heavy atom. The van der Waals surface area contributed by atoms with Gasteiger partial charge in [0.25, 0.3) is 0 Å². The van der Waals surface area contributed by atoms with Crippen LogP contribution in [0.15, 0.2) is 34.3 Å². The lowest BCUT2D eigenvalue weighted by atomic mass is 9.86. The van der Waals surface area contributed by atoms with E-state index in [1.165, 1.54) is 34.9 Å². The molecule has 0 saturated heterocycles. The minimum atomic E-state index is 1.17. The van der Waals surface area contributed by atoms with Crippen molar-refractivity contribution in [2.75, 3.05) is 0 Å². The molecule has 0 spiro atoms. The monoisotopic (exact) mass is 236 g/mol. The zero-order chi connectivity index (χ0) is 9.26. The summed E-state index contributed by atoms with van der Waals surface area (Å²) in [6.45, 7) is 2.23.